The van der Waals surface area contributed by atoms with Crippen molar-refractivity contribution in [3.8, 4) is 11.5 Å². The molecule has 0 atom stereocenters. The zero-order valence-electron chi connectivity index (χ0n) is 13.8. The van der Waals surface area contributed by atoms with Gasteiger partial charge in [0.2, 0.25) is 5.91 Å². The van der Waals surface area contributed by atoms with Gasteiger partial charge in [0, 0.05) is 19.1 Å². The number of amides is 1. The van der Waals surface area contributed by atoms with Crippen LogP contribution in [0.5, 0.6) is 11.5 Å². The maximum atomic E-state index is 13.2. The maximum absolute atomic E-state index is 13.2. The number of anilines is 1. The number of rotatable bonds is 6. The van der Waals surface area contributed by atoms with E-state index in [0.717, 1.165) is 9.71 Å². The highest BCUT2D eigenvalue weighted by Gasteiger charge is 2.09. The van der Waals surface area contributed by atoms with E-state index in [0.29, 0.717) is 29.3 Å². The molecule has 1 heterocycles. The van der Waals surface area contributed by atoms with Gasteiger partial charge in [0.1, 0.15) is 28.9 Å². The summed E-state index contributed by atoms with van der Waals surface area (Å²) in [6.07, 6.45) is 0. The lowest BCUT2D eigenvalue weighted by Gasteiger charge is -2.12. The van der Waals surface area contributed by atoms with Gasteiger partial charge in [-0.3, -0.25) is 4.79 Å². The summed E-state index contributed by atoms with van der Waals surface area (Å²) in [6.45, 7) is 4.05. The second kappa shape index (κ2) is 7.48. The zero-order valence-corrected chi connectivity index (χ0v) is 14.7. The Morgan fingerprint density at radius 2 is 2.08 bits per heavy atom. The fraction of sp³-hybridized carbons (Fsp3) is 0.222. The van der Waals surface area contributed by atoms with Gasteiger partial charge in [0.25, 0.3) is 0 Å². The Balaban J connectivity index is 1.75. The minimum absolute atomic E-state index is 0.170. The summed E-state index contributed by atoms with van der Waals surface area (Å²) >= 11 is 1.46. The van der Waals surface area contributed by atoms with E-state index in [4.69, 9.17) is 9.47 Å². The molecule has 25 heavy (non-hydrogen) atoms. The number of benzene rings is 2. The molecule has 5 nitrogen and oxygen atoms in total. The van der Waals surface area contributed by atoms with Crippen LogP contribution in [0.4, 0.5) is 10.1 Å². The highest BCUT2D eigenvalue weighted by Crippen LogP contribution is 2.30. The molecule has 0 unspecified atom stereocenters. The van der Waals surface area contributed by atoms with Gasteiger partial charge in [-0.05, 0) is 31.2 Å². The number of carbonyl (C=O) groups excluding carboxylic acids is 1. The van der Waals surface area contributed by atoms with Crippen LogP contribution in [0.15, 0.2) is 36.4 Å². The molecule has 1 aromatic heterocycles. The third-order valence-electron chi connectivity index (χ3n) is 3.32. The standard InChI is InChI=1S/C18H17FN2O3S/c1-3-23-16-9-13(5-6-14(16)20-11(2)22)24-10-18-21-15-8-12(19)4-7-17(15)25-18/h4-9H,3,10H2,1-2H3,(H,20,22). The first-order valence-corrected chi connectivity index (χ1v) is 8.59. The summed E-state index contributed by atoms with van der Waals surface area (Å²) < 4.78 is 25.4. The molecule has 0 aliphatic rings. The number of carbonyl (C=O) groups is 1. The molecule has 0 aliphatic carbocycles. The second-order valence-corrected chi connectivity index (χ2v) is 6.40. The van der Waals surface area contributed by atoms with Gasteiger partial charge in [0.15, 0.2) is 0 Å². The van der Waals surface area contributed by atoms with Crippen LogP contribution in [0.25, 0.3) is 10.2 Å². The van der Waals surface area contributed by atoms with Gasteiger partial charge in [-0.25, -0.2) is 9.37 Å². The SMILES string of the molecule is CCOc1cc(OCc2nc3cc(F)ccc3s2)ccc1NC(C)=O. The summed E-state index contributed by atoms with van der Waals surface area (Å²) in [5.41, 5.74) is 1.22. The predicted octanol–water partition coefficient (Wildman–Crippen LogP) is 4.37. The molecule has 0 bridgehead atoms. The van der Waals surface area contributed by atoms with E-state index < -0.39 is 0 Å². The van der Waals surface area contributed by atoms with E-state index >= 15 is 0 Å². The number of hydrogen-bond donors (Lipinski definition) is 1. The second-order valence-electron chi connectivity index (χ2n) is 5.28. The highest BCUT2D eigenvalue weighted by molar-refractivity contribution is 7.18. The van der Waals surface area contributed by atoms with Crippen molar-refractivity contribution in [2.24, 2.45) is 0 Å². The maximum Gasteiger partial charge on any atom is 0.221 e. The topological polar surface area (TPSA) is 60.5 Å². The van der Waals surface area contributed by atoms with Crippen molar-refractivity contribution < 1.29 is 18.7 Å². The van der Waals surface area contributed by atoms with Crippen LogP contribution in [-0.4, -0.2) is 17.5 Å². The van der Waals surface area contributed by atoms with Crippen molar-refractivity contribution in [2.75, 3.05) is 11.9 Å². The van der Waals surface area contributed by atoms with Gasteiger partial charge >= 0.3 is 0 Å². The van der Waals surface area contributed by atoms with E-state index in [9.17, 15) is 9.18 Å². The van der Waals surface area contributed by atoms with Gasteiger partial charge in [-0.2, -0.15) is 0 Å². The van der Waals surface area contributed by atoms with Crippen LogP contribution in [-0.2, 0) is 11.4 Å². The van der Waals surface area contributed by atoms with Crippen LogP contribution in [0, 0.1) is 5.82 Å². The minimum atomic E-state index is -0.305. The van der Waals surface area contributed by atoms with Crippen molar-refractivity contribution in [1.82, 2.24) is 4.98 Å². The smallest absolute Gasteiger partial charge is 0.221 e. The van der Waals surface area contributed by atoms with Crippen molar-refractivity contribution in [3.05, 3.63) is 47.2 Å². The number of ether oxygens (including phenoxy) is 2. The molecule has 130 valence electrons. The number of nitrogens with one attached hydrogen (secondary N) is 1. The minimum Gasteiger partial charge on any atom is -0.492 e. The van der Waals surface area contributed by atoms with Gasteiger partial charge in [-0.15, -0.1) is 11.3 Å². The average Bonchev–Trinajstić information content (AvgIpc) is 2.97. The lowest BCUT2D eigenvalue weighted by Crippen LogP contribution is -2.08. The Morgan fingerprint density at radius 1 is 1.24 bits per heavy atom. The lowest BCUT2D eigenvalue weighted by molar-refractivity contribution is -0.114. The summed E-state index contributed by atoms with van der Waals surface area (Å²) in [6, 6.07) is 9.74. The third kappa shape index (κ3) is 4.24. The van der Waals surface area contributed by atoms with Gasteiger partial charge in [-0.1, -0.05) is 0 Å². The first kappa shape index (κ1) is 17.2. The molecular formula is C18H17FN2O3S. The quantitative estimate of drug-likeness (QED) is 0.709. The Labute approximate surface area is 148 Å². The first-order valence-electron chi connectivity index (χ1n) is 7.77. The van der Waals surface area contributed by atoms with Gasteiger partial charge in [0.05, 0.1) is 22.5 Å². The zero-order chi connectivity index (χ0) is 17.8. The fourth-order valence-corrected chi connectivity index (χ4v) is 3.18. The molecule has 3 aromatic rings. The summed E-state index contributed by atoms with van der Waals surface area (Å²) in [7, 11) is 0. The number of thiazole rings is 1. The molecule has 7 heteroatoms. The molecule has 0 aliphatic heterocycles. The molecule has 1 N–H and O–H groups in total. The molecule has 0 spiro atoms. The molecular weight excluding hydrogens is 343 g/mol. The van der Waals surface area contributed by atoms with E-state index in [1.54, 1.807) is 24.3 Å². The Bertz CT molecular complexity index is 910. The molecule has 0 saturated carbocycles. The van der Waals surface area contributed by atoms with E-state index in [2.05, 4.69) is 10.3 Å². The van der Waals surface area contributed by atoms with Crippen LogP contribution in [0.3, 0.4) is 0 Å². The number of fused-ring (bicyclic) bond motifs is 1. The van der Waals surface area contributed by atoms with Crippen molar-refractivity contribution >= 4 is 33.1 Å². The molecule has 1 amide bonds. The predicted molar refractivity (Wildman–Crippen MR) is 95.8 cm³/mol. The number of halogens is 1. The molecule has 0 saturated heterocycles. The van der Waals surface area contributed by atoms with Crippen LogP contribution in [0.2, 0.25) is 0 Å². The molecule has 0 fully saturated rings. The van der Waals surface area contributed by atoms with E-state index in [1.807, 2.05) is 6.92 Å². The fourth-order valence-electron chi connectivity index (χ4n) is 2.32. The highest BCUT2D eigenvalue weighted by atomic mass is 32.1. The number of aromatic nitrogens is 1. The van der Waals surface area contributed by atoms with Crippen LogP contribution >= 0.6 is 11.3 Å². The Morgan fingerprint density at radius 3 is 2.84 bits per heavy atom. The van der Waals surface area contributed by atoms with E-state index in [-0.39, 0.29) is 18.3 Å². The Kier molecular flexibility index (Phi) is 5.14. The van der Waals surface area contributed by atoms with Crippen molar-refractivity contribution in [2.45, 2.75) is 20.5 Å². The van der Waals surface area contributed by atoms with Gasteiger partial charge < -0.3 is 14.8 Å². The normalized spacial score (nSPS) is 10.7. The van der Waals surface area contributed by atoms with Crippen molar-refractivity contribution in [1.29, 1.82) is 0 Å². The molecule has 2 aromatic carbocycles. The number of nitrogens with zero attached hydrogens (tertiary/aromatic N) is 1. The summed E-state index contributed by atoms with van der Waals surface area (Å²) in [4.78, 5) is 15.6. The summed E-state index contributed by atoms with van der Waals surface area (Å²) in [5, 5.41) is 3.47. The first-order chi connectivity index (χ1) is 12.0. The molecule has 3 rings (SSSR count). The summed E-state index contributed by atoms with van der Waals surface area (Å²) in [5.74, 6) is 0.668. The largest absolute Gasteiger partial charge is 0.492 e. The lowest BCUT2D eigenvalue weighted by atomic mass is 10.2. The molecule has 0 radical (unpaired) electrons. The Hall–Kier alpha value is -2.67. The number of hydrogen-bond acceptors (Lipinski definition) is 5. The van der Waals surface area contributed by atoms with E-state index in [1.165, 1.54) is 30.4 Å². The monoisotopic (exact) mass is 360 g/mol. The average molecular weight is 360 g/mol. The third-order valence-corrected chi connectivity index (χ3v) is 4.33. The van der Waals surface area contributed by atoms with Crippen molar-refractivity contribution in [3.63, 3.8) is 0 Å². The van der Waals surface area contributed by atoms with Crippen LogP contribution in [0.1, 0.15) is 18.9 Å². The van der Waals surface area contributed by atoms with Crippen LogP contribution < -0.4 is 14.8 Å².